The van der Waals surface area contributed by atoms with Gasteiger partial charge in [-0.15, -0.1) is 0 Å². The van der Waals surface area contributed by atoms with Crippen molar-refractivity contribution in [3.8, 4) is 16.9 Å². The zero-order valence-electron chi connectivity index (χ0n) is 26.7. The monoisotopic (exact) mass is 668 g/mol. The summed E-state index contributed by atoms with van der Waals surface area (Å²) in [6.45, 7) is 5.78. The Morgan fingerprint density at radius 2 is 1.85 bits per heavy atom. The zero-order chi connectivity index (χ0) is 34.0. The molecule has 2 N–H and O–H groups in total. The molecule has 1 aromatic heterocycles. The summed E-state index contributed by atoms with van der Waals surface area (Å²) < 4.78 is 21.8. The predicted molar refractivity (Wildman–Crippen MR) is 175 cm³/mol. The van der Waals surface area contributed by atoms with E-state index in [-0.39, 0.29) is 59.0 Å². The van der Waals surface area contributed by atoms with Crippen molar-refractivity contribution >= 4 is 35.1 Å². The molecule has 5 rings (SSSR count). The normalized spacial score (nSPS) is 17.4. The lowest BCUT2D eigenvalue weighted by Crippen LogP contribution is -2.51. The molecule has 2 unspecified atom stereocenters. The second-order valence-electron chi connectivity index (χ2n) is 12.1. The van der Waals surface area contributed by atoms with Gasteiger partial charge in [-0.25, -0.2) is 14.0 Å². The average Bonchev–Trinajstić information content (AvgIpc) is 3.17. The molecule has 3 heterocycles. The molecule has 3 aromatic rings. The third kappa shape index (κ3) is 7.04. The molecule has 0 aliphatic carbocycles. The first-order valence-corrected chi connectivity index (χ1v) is 15.9. The number of piperidine rings is 1. The Kier molecular flexibility index (Phi) is 10.0. The molecule has 1 fully saturated rings. The molecule has 0 spiro atoms. The first-order valence-electron chi connectivity index (χ1n) is 15.5. The Morgan fingerprint density at radius 3 is 2.53 bits per heavy atom. The molecule has 2 aliphatic rings. The highest BCUT2D eigenvalue weighted by Gasteiger charge is 2.34. The molecule has 47 heavy (non-hydrogen) atoms. The number of benzene rings is 2. The number of hydrogen-bond acceptors (Lipinski definition) is 6. The molecule has 250 valence electrons. The number of fused-ring (bicyclic) bond motifs is 1. The highest BCUT2D eigenvalue weighted by atomic mass is 35.5. The van der Waals surface area contributed by atoms with Crippen LogP contribution in [0.3, 0.4) is 0 Å². The van der Waals surface area contributed by atoms with Crippen LogP contribution < -0.4 is 26.6 Å². The highest BCUT2D eigenvalue weighted by molar-refractivity contribution is 6.33. The largest absolute Gasteiger partial charge is 0.497 e. The van der Waals surface area contributed by atoms with Gasteiger partial charge in [0.05, 0.1) is 23.7 Å². The van der Waals surface area contributed by atoms with Crippen LogP contribution in [-0.4, -0.2) is 76.1 Å². The van der Waals surface area contributed by atoms with E-state index in [4.69, 9.17) is 16.3 Å². The number of nitrogens with zero attached hydrogens (tertiary/aromatic N) is 4. The first-order chi connectivity index (χ1) is 22.4. The first kappa shape index (κ1) is 33.7. The fourth-order valence-electron chi connectivity index (χ4n) is 6.24. The lowest BCUT2D eigenvalue weighted by Gasteiger charge is -2.38. The topological polar surface area (TPSA) is 135 Å². The molecule has 2 aromatic carbocycles. The molecule has 0 saturated carbocycles. The quantitative estimate of drug-likeness (QED) is 0.375. The van der Waals surface area contributed by atoms with Crippen LogP contribution in [-0.2, 0) is 16.1 Å². The van der Waals surface area contributed by atoms with Gasteiger partial charge in [-0.3, -0.25) is 23.5 Å². The van der Waals surface area contributed by atoms with Gasteiger partial charge in [0, 0.05) is 62.5 Å². The summed E-state index contributed by atoms with van der Waals surface area (Å²) >= 11 is 6.22. The summed E-state index contributed by atoms with van der Waals surface area (Å²) in [5.41, 5.74) is 0.273. The van der Waals surface area contributed by atoms with E-state index in [9.17, 15) is 28.4 Å². The number of halogens is 2. The number of likely N-dealkylation sites (tertiary alicyclic amines) is 1. The third-order valence-electron chi connectivity index (χ3n) is 8.84. The number of nitrogens with one attached hydrogen (secondary N) is 2. The summed E-state index contributed by atoms with van der Waals surface area (Å²) in [4.78, 5) is 69.0. The number of anilines is 1. The molecule has 2 atom stereocenters. The second kappa shape index (κ2) is 14.0. The Balaban J connectivity index is 1.35. The number of carbonyl (C=O) groups excluding carboxylic acids is 3. The van der Waals surface area contributed by atoms with E-state index in [0.29, 0.717) is 38.2 Å². The number of ether oxygens (including phenoxy) is 1. The predicted octanol–water partition coefficient (Wildman–Crippen LogP) is 3.82. The number of carbonyl (C=O) groups is 3. The van der Waals surface area contributed by atoms with Gasteiger partial charge in [0.2, 0.25) is 11.8 Å². The van der Waals surface area contributed by atoms with E-state index in [1.165, 1.54) is 25.3 Å². The van der Waals surface area contributed by atoms with Gasteiger partial charge >= 0.3 is 11.7 Å². The number of amides is 4. The van der Waals surface area contributed by atoms with E-state index in [2.05, 4.69) is 17.6 Å². The van der Waals surface area contributed by atoms with Crippen molar-refractivity contribution in [2.75, 3.05) is 38.6 Å². The van der Waals surface area contributed by atoms with Crippen LogP contribution in [0.15, 0.2) is 52.2 Å². The summed E-state index contributed by atoms with van der Waals surface area (Å²) in [6.07, 6.45) is 2.31. The van der Waals surface area contributed by atoms with E-state index in [1.807, 2.05) is 23.1 Å². The number of rotatable bonds is 8. The summed E-state index contributed by atoms with van der Waals surface area (Å²) in [5.74, 6) is -0.669. The van der Waals surface area contributed by atoms with Crippen LogP contribution in [0.25, 0.3) is 11.1 Å². The van der Waals surface area contributed by atoms with Crippen molar-refractivity contribution in [3.63, 3.8) is 0 Å². The fraction of sp³-hybridized carbons (Fsp3) is 0.424. The van der Waals surface area contributed by atoms with E-state index in [0.717, 1.165) is 26.5 Å². The molecular formula is C33H38ClFN6O6. The maximum Gasteiger partial charge on any atom is 0.331 e. The number of urea groups is 1. The summed E-state index contributed by atoms with van der Waals surface area (Å²) in [6, 6.07) is 8.51. The zero-order valence-corrected chi connectivity index (χ0v) is 27.5. The summed E-state index contributed by atoms with van der Waals surface area (Å²) in [7, 11) is 1.60. The molecule has 14 heteroatoms. The average molecular weight is 669 g/mol. The van der Waals surface area contributed by atoms with E-state index in [1.54, 1.807) is 18.9 Å². The van der Waals surface area contributed by atoms with Crippen molar-refractivity contribution in [1.29, 1.82) is 0 Å². The van der Waals surface area contributed by atoms with Crippen molar-refractivity contribution in [1.82, 2.24) is 24.3 Å². The highest BCUT2D eigenvalue weighted by Crippen LogP contribution is 2.34. The van der Waals surface area contributed by atoms with Crippen LogP contribution in [0.4, 0.5) is 14.9 Å². The van der Waals surface area contributed by atoms with Crippen molar-refractivity contribution in [3.05, 3.63) is 79.8 Å². The van der Waals surface area contributed by atoms with Gasteiger partial charge in [0.1, 0.15) is 18.1 Å². The third-order valence-corrected chi connectivity index (χ3v) is 9.23. The van der Waals surface area contributed by atoms with Crippen LogP contribution in [0, 0.1) is 5.82 Å². The minimum atomic E-state index is -0.780. The smallest absolute Gasteiger partial charge is 0.331 e. The molecule has 4 amide bonds. The van der Waals surface area contributed by atoms with Crippen molar-refractivity contribution < 1.29 is 23.5 Å². The number of hydrogen-bond donors (Lipinski definition) is 2. The van der Waals surface area contributed by atoms with Crippen LogP contribution in [0.5, 0.6) is 5.75 Å². The maximum absolute atomic E-state index is 14.4. The maximum atomic E-state index is 14.4. The molecule has 2 aliphatic heterocycles. The van der Waals surface area contributed by atoms with Gasteiger partial charge in [0.15, 0.2) is 0 Å². The Hall–Kier alpha value is -4.65. The Morgan fingerprint density at radius 1 is 1.13 bits per heavy atom. The minimum absolute atomic E-state index is 0.0202. The van der Waals surface area contributed by atoms with Crippen molar-refractivity contribution in [2.45, 2.75) is 58.2 Å². The van der Waals surface area contributed by atoms with Crippen LogP contribution >= 0.6 is 11.6 Å². The SMILES string of the molecule is COc1ccc2c(c1)C(C)CN(C1CCN(C(=O)Cn3cc(-c4cccc(F)c4Cl)c(=O)n(C(C)CNC(C)=O)c3=O)CC1)C(=O)N2. The minimum Gasteiger partial charge on any atom is -0.497 e. The Labute approximate surface area is 276 Å². The van der Waals surface area contributed by atoms with Gasteiger partial charge in [0.25, 0.3) is 5.56 Å². The summed E-state index contributed by atoms with van der Waals surface area (Å²) in [5, 5.41) is 5.32. The van der Waals surface area contributed by atoms with Gasteiger partial charge in [-0.05, 0) is 49.6 Å². The standard InChI is InChI=1S/C33H38ClFN6O6/c1-19-16-40(32(45)37-28-9-8-23(47-4)14-25(19)28)22-10-12-38(13-11-22)29(43)18-39-17-26(24-6-5-7-27(35)30(24)34)31(44)41(33(39)46)20(2)15-36-21(3)42/h5-9,14,17,19-20,22H,10-13,15-16,18H2,1-4H3,(H,36,42)(H,37,45). The number of methoxy groups -OCH3 is 1. The van der Waals surface area contributed by atoms with E-state index < -0.39 is 23.1 Å². The molecular weight excluding hydrogens is 631 g/mol. The van der Waals surface area contributed by atoms with Crippen molar-refractivity contribution in [2.24, 2.45) is 0 Å². The molecule has 0 radical (unpaired) electrons. The van der Waals surface area contributed by atoms with Crippen LogP contribution in [0.1, 0.15) is 51.1 Å². The lowest BCUT2D eigenvalue weighted by molar-refractivity contribution is -0.133. The molecule has 1 saturated heterocycles. The fourth-order valence-corrected chi connectivity index (χ4v) is 6.47. The Bertz CT molecular complexity index is 1820. The lowest BCUT2D eigenvalue weighted by atomic mass is 9.97. The van der Waals surface area contributed by atoms with Gasteiger partial charge in [-0.1, -0.05) is 30.7 Å². The molecule has 0 bridgehead atoms. The van der Waals surface area contributed by atoms with Gasteiger partial charge in [-0.2, -0.15) is 0 Å². The van der Waals surface area contributed by atoms with Crippen LogP contribution in [0.2, 0.25) is 5.02 Å². The number of aromatic nitrogens is 2. The van der Waals surface area contributed by atoms with Gasteiger partial charge < -0.3 is 25.2 Å². The van der Waals surface area contributed by atoms with E-state index >= 15 is 0 Å². The second-order valence-corrected chi connectivity index (χ2v) is 12.4. The molecule has 12 nitrogen and oxygen atoms in total.